The fourth-order valence-electron chi connectivity index (χ4n) is 3.87. The summed E-state index contributed by atoms with van der Waals surface area (Å²) in [6.45, 7) is 1.43. The smallest absolute Gasteiger partial charge is 0.426 e. The lowest BCUT2D eigenvalue weighted by atomic mass is 9.99. The topological polar surface area (TPSA) is 247 Å². The molecule has 2 amide bonds. The molecule has 0 aliphatic carbocycles. The van der Waals surface area contributed by atoms with Crippen molar-refractivity contribution in [3.63, 3.8) is 0 Å². The number of aliphatic hydroxyl groups is 4. The number of nitro benzene ring substituents is 1. The van der Waals surface area contributed by atoms with Crippen LogP contribution in [0.2, 0.25) is 0 Å². The predicted octanol–water partition coefficient (Wildman–Crippen LogP) is 0.611. The number of rotatable bonds is 10. The Morgan fingerprint density at radius 2 is 1.64 bits per heavy atom. The molecule has 1 aliphatic rings. The van der Waals surface area contributed by atoms with Gasteiger partial charge in [-0.05, 0) is 37.3 Å². The van der Waals surface area contributed by atoms with Crippen LogP contribution in [0.25, 0.3) is 0 Å². The number of alkyl halides is 3. The molecule has 240 valence electrons. The number of carboxylic acid groups (broad SMARTS) is 1. The van der Waals surface area contributed by atoms with E-state index < -0.39 is 88.6 Å². The maximum atomic E-state index is 14.1. The Bertz CT molecular complexity index is 1420. The third kappa shape index (κ3) is 7.68. The Labute approximate surface area is 244 Å². The van der Waals surface area contributed by atoms with Crippen LogP contribution >= 0.6 is 0 Å². The van der Waals surface area contributed by atoms with Crippen LogP contribution in [0.5, 0.6) is 11.5 Å². The molecule has 7 N–H and O–H groups in total. The maximum absolute atomic E-state index is 14.1. The van der Waals surface area contributed by atoms with E-state index in [0.717, 1.165) is 6.92 Å². The van der Waals surface area contributed by atoms with Gasteiger partial charge in [0.1, 0.15) is 30.7 Å². The molecule has 0 spiro atoms. The van der Waals surface area contributed by atoms with Crippen molar-refractivity contribution in [3.05, 3.63) is 52.1 Å². The quantitative estimate of drug-likeness (QED) is 0.140. The first-order valence-corrected chi connectivity index (χ1v) is 12.4. The fourth-order valence-corrected chi connectivity index (χ4v) is 3.87. The SMILES string of the molecule is CC(=O)Nc1ccc(OC[C@](C)(O)C(=O)Nc2ccc([N+](=O)[O-])c(C(F)(F)F)c2O[C@@H]2O[C@H](C(=O)O)[C@@H](O)[C@H](O)[C@H]2O)cc1. The second kappa shape index (κ2) is 13.0. The first-order chi connectivity index (χ1) is 20.3. The number of ether oxygens (including phenoxy) is 3. The lowest BCUT2D eigenvalue weighted by Crippen LogP contribution is -2.61. The highest BCUT2D eigenvalue weighted by Gasteiger charge is 2.50. The summed E-state index contributed by atoms with van der Waals surface area (Å²) >= 11 is 0. The van der Waals surface area contributed by atoms with E-state index in [-0.39, 0.29) is 11.7 Å². The van der Waals surface area contributed by atoms with Crippen molar-refractivity contribution >= 4 is 34.8 Å². The normalized spacial score (nSPS) is 23.2. The predicted molar refractivity (Wildman–Crippen MR) is 139 cm³/mol. The molecule has 1 saturated heterocycles. The summed E-state index contributed by atoms with van der Waals surface area (Å²) in [5.41, 5.74) is -6.69. The van der Waals surface area contributed by atoms with E-state index in [1.54, 1.807) is 0 Å². The summed E-state index contributed by atoms with van der Waals surface area (Å²) in [4.78, 5) is 45.5. The highest BCUT2D eigenvalue weighted by atomic mass is 19.4. The van der Waals surface area contributed by atoms with E-state index in [1.165, 1.54) is 31.2 Å². The number of aliphatic hydroxyl groups excluding tert-OH is 3. The lowest BCUT2D eigenvalue weighted by Gasteiger charge is -2.38. The number of nitrogens with zero attached hydrogens (tertiary/aromatic N) is 1. The molecule has 0 unspecified atom stereocenters. The molecule has 2 aromatic rings. The number of nitrogens with one attached hydrogen (secondary N) is 2. The van der Waals surface area contributed by atoms with Crippen LogP contribution in [-0.2, 0) is 25.3 Å². The van der Waals surface area contributed by atoms with Gasteiger partial charge in [-0.25, -0.2) is 4.79 Å². The van der Waals surface area contributed by atoms with Gasteiger partial charge in [0.15, 0.2) is 23.0 Å². The number of carbonyl (C=O) groups is 3. The number of carbonyl (C=O) groups excluding carboxylic acids is 2. The molecular formula is C25H26F3N3O13. The van der Waals surface area contributed by atoms with Crippen molar-refractivity contribution < 1.29 is 72.2 Å². The number of nitro groups is 1. The molecule has 6 atom stereocenters. The maximum Gasteiger partial charge on any atom is 0.426 e. The van der Waals surface area contributed by atoms with Crippen molar-refractivity contribution in [1.29, 1.82) is 0 Å². The second-order valence-electron chi connectivity index (χ2n) is 9.67. The summed E-state index contributed by atoms with van der Waals surface area (Å²) in [7, 11) is 0. The van der Waals surface area contributed by atoms with E-state index in [4.69, 9.17) is 14.2 Å². The van der Waals surface area contributed by atoms with Gasteiger partial charge in [0, 0.05) is 18.7 Å². The van der Waals surface area contributed by atoms with Gasteiger partial charge in [0.2, 0.25) is 12.2 Å². The van der Waals surface area contributed by atoms with Crippen LogP contribution in [0, 0.1) is 10.1 Å². The third-order valence-corrected chi connectivity index (χ3v) is 6.09. The number of hydrogen-bond acceptors (Lipinski definition) is 12. The van der Waals surface area contributed by atoms with Gasteiger partial charge < -0.3 is 50.4 Å². The number of anilines is 2. The van der Waals surface area contributed by atoms with Gasteiger partial charge in [0.05, 0.1) is 10.6 Å². The first kappa shape index (κ1) is 33.9. The van der Waals surface area contributed by atoms with Crippen LogP contribution in [0.3, 0.4) is 0 Å². The Morgan fingerprint density at radius 3 is 2.16 bits per heavy atom. The molecule has 1 fully saturated rings. The molecule has 1 aliphatic heterocycles. The molecule has 16 nitrogen and oxygen atoms in total. The van der Waals surface area contributed by atoms with Gasteiger partial charge >= 0.3 is 12.1 Å². The lowest BCUT2D eigenvalue weighted by molar-refractivity contribution is -0.388. The Hall–Kier alpha value is -4.56. The van der Waals surface area contributed by atoms with Crippen LogP contribution < -0.4 is 20.1 Å². The van der Waals surface area contributed by atoms with Crippen molar-refractivity contribution in [3.8, 4) is 11.5 Å². The van der Waals surface area contributed by atoms with Gasteiger partial charge in [-0.2, -0.15) is 13.2 Å². The van der Waals surface area contributed by atoms with Crippen molar-refractivity contribution in [2.75, 3.05) is 17.2 Å². The van der Waals surface area contributed by atoms with Crippen LogP contribution in [0.15, 0.2) is 36.4 Å². The number of amides is 2. The van der Waals surface area contributed by atoms with Gasteiger partial charge in [-0.15, -0.1) is 0 Å². The molecule has 0 radical (unpaired) electrons. The molecular weight excluding hydrogens is 607 g/mol. The average molecular weight is 633 g/mol. The Morgan fingerprint density at radius 1 is 1.02 bits per heavy atom. The Balaban J connectivity index is 1.95. The van der Waals surface area contributed by atoms with Crippen LogP contribution in [-0.4, -0.2) is 91.2 Å². The molecule has 0 bridgehead atoms. The molecule has 44 heavy (non-hydrogen) atoms. The zero-order chi connectivity index (χ0) is 33.1. The highest BCUT2D eigenvalue weighted by Crippen LogP contribution is 2.47. The molecule has 3 rings (SSSR count). The highest BCUT2D eigenvalue weighted by molar-refractivity contribution is 5.98. The second-order valence-corrected chi connectivity index (χ2v) is 9.67. The van der Waals surface area contributed by atoms with E-state index >= 15 is 0 Å². The minimum Gasteiger partial charge on any atom is -0.490 e. The van der Waals surface area contributed by atoms with E-state index in [0.29, 0.717) is 17.8 Å². The van der Waals surface area contributed by atoms with Crippen LogP contribution in [0.1, 0.15) is 19.4 Å². The van der Waals surface area contributed by atoms with Crippen molar-refractivity contribution in [1.82, 2.24) is 0 Å². The van der Waals surface area contributed by atoms with Gasteiger partial charge in [-0.3, -0.25) is 19.7 Å². The molecule has 2 aromatic carbocycles. The summed E-state index contributed by atoms with van der Waals surface area (Å²) < 4.78 is 57.7. The largest absolute Gasteiger partial charge is 0.490 e. The van der Waals surface area contributed by atoms with Gasteiger partial charge in [0.25, 0.3) is 11.6 Å². The number of aliphatic carboxylic acids is 1. The summed E-state index contributed by atoms with van der Waals surface area (Å²) in [6.07, 6.45) is -17.3. The minimum atomic E-state index is -5.56. The molecule has 0 aromatic heterocycles. The van der Waals surface area contributed by atoms with Gasteiger partial charge in [-0.1, -0.05) is 0 Å². The van der Waals surface area contributed by atoms with Crippen molar-refractivity contribution in [2.24, 2.45) is 0 Å². The average Bonchev–Trinajstić information content (AvgIpc) is 2.92. The molecule has 0 saturated carbocycles. The van der Waals surface area contributed by atoms with E-state index in [2.05, 4.69) is 5.32 Å². The monoisotopic (exact) mass is 633 g/mol. The molecule has 1 heterocycles. The third-order valence-electron chi connectivity index (χ3n) is 6.09. The zero-order valence-electron chi connectivity index (χ0n) is 22.6. The van der Waals surface area contributed by atoms with E-state index in [9.17, 15) is 63.2 Å². The number of benzene rings is 2. The summed E-state index contributed by atoms with van der Waals surface area (Å²) in [5.74, 6) is -5.07. The number of halogens is 3. The number of carboxylic acids is 1. The van der Waals surface area contributed by atoms with Crippen molar-refractivity contribution in [2.45, 2.75) is 56.3 Å². The first-order valence-electron chi connectivity index (χ1n) is 12.4. The van der Waals surface area contributed by atoms with Crippen LogP contribution in [0.4, 0.5) is 30.2 Å². The summed E-state index contributed by atoms with van der Waals surface area (Å²) in [5, 5.41) is 65.9. The zero-order valence-corrected chi connectivity index (χ0v) is 22.6. The minimum absolute atomic E-state index is 0.114. The van der Waals surface area contributed by atoms with E-state index in [1.807, 2.05) is 5.32 Å². The Kier molecular flexibility index (Phi) is 10.0. The fraction of sp³-hybridized carbons (Fsp3) is 0.400. The standard InChI is InChI=1S/C25H26F3N3O13/c1-10(32)29-11-3-5-12(6-4-11)42-9-24(2,39)23(38)30-13-7-8-14(31(40)41)15(25(26,27)28)19(13)43-22-18(35)16(33)17(34)20(44-22)21(36)37/h3-8,16-18,20,22,33-35,39H,9H2,1-2H3,(H,29,32)(H,30,38)(H,36,37)/t16-,17-,18+,20-,22+,24-/m0/s1. The summed E-state index contributed by atoms with van der Waals surface area (Å²) in [6, 6.07) is 6.61. The molecule has 19 heteroatoms. The number of hydrogen-bond donors (Lipinski definition) is 7.